The molecule has 19 heavy (non-hydrogen) atoms. The number of nitrogens with zero attached hydrogens (tertiary/aromatic N) is 1. The molecule has 1 aromatic rings. The van der Waals surface area contributed by atoms with E-state index in [0.717, 1.165) is 25.0 Å². The topological polar surface area (TPSA) is 77.2 Å². The number of nitrogens with one attached hydrogen (secondary N) is 1. The molecule has 0 saturated heterocycles. The van der Waals surface area contributed by atoms with Gasteiger partial charge in [-0.1, -0.05) is 6.42 Å². The first-order valence-corrected chi connectivity index (χ1v) is 6.72. The molecule has 0 radical (unpaired) electrons. The molecule has 2 atom stereocenters. The van der Waals surface area contributed by atoms with E-state index in [4.69, 9.17) is 10.5 Å². The van der Waals surface area contributed by atoms with Gasteiger partial charge in [0, 0.05) is 23.4 Å². The van der Waals surface area contributed by atoms with Crippen molar-refractivity contribution in [3.63, 3.8) is 0 Å². The fourth-order valence-corrected chi connectivity index (χ4v) is 2.56. The number of carbonyl (C=O) groups is 1. The SMILES string of the molecule is CNC1CCCCC1Oc1cc(C(N)=O)cc(C)n1. The monoisotopic (exact) mass is 263 g/mol. The Balaban J connectivity index is 2.15. The Kier molecular flexibility index (Phi) is 4.37. The minimum atomic E-state index is -0.454. The van der Waals surface area contributed by atoms with Crippen LogP contribution in [-0.2, 0) is 0 Å². The molecular formula is C14H21N3O2. The number of likely N-dealkylation sites (N-methyl/N-ethyl adjacent to an activating group) is 1. The molecule has 1 heterocycles. The van der Waals surface area contributed by atoms with Crippen LogP contribution in [-0.4, -0.2) is 30.1 Å². The Bertz CT molecular complexity index is 462. The standard InChI is InChI=1S/C14H21N3O2/c1-9-7-10(14(15)18)8-13(17-9)19-12-6-4-3-5-11(12)16-2/h7-8,11-12,16H,3-6H2,1-2H3,(H2,15,18). The summed E-state index contributed by atoms with van der Waals surface area (Å²) in [6.45, 7) is 1.83. The van der Waals surface area contributed by atoms with Crippen molar-refractivity contribution in [2.75, 3.05) is 7.05 Å². The van der Waals surface area contributed by atoms with Crippen LogP contribution < -0.4 is 15.8 Å². The van der Waals surface area contributed by atoms with E-state index < -0.39 is 5.91 Å². The molecule has 0 aromatic carbocycles. The molecule has 0 bridgehead atoms. The zero-order valence-corrected chi connectivity index (χ0v) is 11.5. The molecule has 2 rings (SSSR count). The third-order valence-corrected chi connectivity index (χ3v) is 3.56. The smallest absolute Gasteiger partial charge is 0.248 e. The summed E-state index contributed by atoms with van der Waals surface area (Å²) in [5.41, 5.74) is 6.49. The fourth-order valence-electron chi connectivity index (χ4n) is 2.56. The van der Waals surface area contributed by atoms with Crippen LogP contribution in [0.5, 0.6) is 5.88 Å². The highest BCUT2D eigenvalue weighted by Crippen LogP contribution is 2.23. The maximum absolute atomic E-state index is 11.2. The number of hydrogen-bond donors (Lipinski definition) is 2. The Morgan fingerprint density at radius 2 is 2.16 bits per heavy atom. The molecule has 1 saturated carbocycles. The molecule has 1 amide bonds. The molecule has 104 valence electrons. The number of ether oxygens (including phenoxy) is 1. The molecule has 0 aliphatic heterocycles. The van der Waals surface area contributed by atoms with Crippen molar-refractivity contribution in [1.82, 2.24) is 10.3 Å². The molecule has 1 fully saturated rings. The lowest BCUT2D eigenvalue weighted by Crippen LogP contribution is -2.43. The van der Waals surface area contributed by atoms with Crippen LogP contribution in [0, 0.1) is 6.92 Å². The molecule has 2 unspecified atom stereocenters. The number of rotatable bonds is 4. The molecule has 5 heteroatoms. The average Bonchev–Trinajstić information content (AvgIpc) is 2.38. The fraction of sp³-hybridized carbons (Fsp3) is 0.571. The highest BCUT2D eigenvalue weighted by Gasteiger charge is 2.25. The summed E-state index contributed by atoms with van der Waals surface area (Å²) in [4.78, 5) is 15.6. The van der Waals surface area contributed by atoms with Gasteiger partial charge in [-0.15, -0.1) is 0 Å². The number of pyridine rings is 1. The highest BCUT2D eigenvalue weighted by atomic mass is 16.5. The van der Waals surface area contributed by atoms with Crippen molar-refractivity contribution >= 4 is 5.91 Å². The van der Waals surface area contributed by atoms with Crippen molar-refractivity contribution in [1.29, 1.82) is 0 Å². The van der Waals surface area contributed by atoms with E-state index in [1.54, 1.807) is 12.1 Å². The van der Waals surface area contributed by atoms with E-state index >= 15 is 0 Å². The third kappa shape index (κ3) is 3.44. The van der Waals surface area contributed by atoms with Gasteiger partial charge in [0.25, 0.3) is 0 Å². The van der Waals surface area contributed by atoms with Crippen LogP contribution in [0.3, 0.4) is 0 Å². The summed E-state index contributed by atoms with van der Waals surface area (Å²) in [5.74, 6) is 0.0325. The molecule has 3 N–H and O–H groups in total. The second-order valence-corrected chi connectivity index (χ2v) is 5.04. The van der Waals surface area contributed by atoms with Gasteiger partial charge >= 0.3 is 0 Å². The van der Waals surface area contributed by atoms with Crippen LogP contribution in [0.1, 0.15) is 41.7 Å². The first-order chi connectivity index (χ1) is 9.10. The van der Waals surface area contributed by atoms with Crippen molar-refractivity contribution in [3.05, 3.63) is 23.4 Å². The summed E-state index contributed by atoms with van der Waals surface area (Å²) < 4.78 is 5.95. The summed E-state index contributed by atoms with van der Waals surface area (Å²) in [5, 5.41) is 3.28. The van der Waals surface area contributed by atoms with Crippen molar-refractivity contribution in [3.8, 4) is 5.88 Å². The zero-order valence-electron chi connectivity index (χ0n) is 11.5. The number of primary amides is 1. The normalized spacial score (nSPS) is 23.1. The number of hydrogen-bond acceptors (Lipinski definition) is 4. The van der Waals surface area contributed by atoms with E-state index in [1.165, 1.54) is 6.42 Å². The second kappa shape index (κ2) is 6.02. The average molecular weight is 263 g/mol. The van der Waals surface area contributed by atoms with E-state index in [0.29, 0.717) is 17.5 Å². The molecule has 1 aliphatic rings. The maximum atomic E-state index is 11.2. The van der Waals surface area contributed by atoms with Gasteiger partial charge in [0.05, 0.1) is 0 Å². The Hall–Kier alpha value is -1.62. The molecular weight excluding hydrogens is 242 g/mol. The van der Waals surface area contributed by atoms with E-state index in [-0.39, 0.29) is 6.10 Å². The first-order valence-electron chi connectivity index (χ1n) is 6.72. The molecule has 0 spiro atoms. The maximum Gasteiger partial charge on any atom is 0.248 e. The molecule has 1 aromatic heterocycles. The Morgan fingerprint density at radius 1 is 1.42 bits per heavy atom. The lowest BCUT2D eigenvalue weighted by molar-refractivity contribution is 0.0994. The predicted molar refractivity (Wildman–Crippen MR) is 73.2 cm³/mol. The third-order valence-electron chi connectivity index (χ3n) is 3.56. The van der Waals surface area contributed by atoms with Gasteiger partial charge in [-0.2, -0.15) is 0 Å². The summed E-state index contributed by atoms with van der Waals surface area (Å²) in [7, 11) is 1.95. The van der Waals surface area contributed by atoms with Gasteiger partial charge in [-0.25, -0.2) is 4.98 Å². The van der Waals surface area contributed by atoms with Crippen molar-refractivity contribution < 1.29 is 9.53 Å². The number of carbonyl (C=O) groups excluding carboxylic acids is 1. The van der Waals surface area contributed by atoms with Crippen LogP contribution in [0.2, 0.25) is 0 Å². The van der Waals surface area contributed by atoms with Crippen LogP contribution in [0.4, 0.5) is 0 Å². The first kappa shape index (κ1) is 13.8. The Morgan fingerprint density at radius 3 is 2.84 bits per heavy atom. The van der Waals surface area contributed by atoms with Crippen LogP contribution in [0.25, 0.3) is 0 Å². The largest absolute Gasteiger partial charge is 0.473 e. The predicted octanol–water partition coefficient (Wildman–Crippen LogP) is 1.40. The van der Waals surface area contributed by atoms with Gasteiger partial charge in [0.15, 0.2) is 0 Å². The van der Waals surface area contributed by atoms with E-state index in [9.17, 15) is 4.79 Å². The summed E-state index contributed by atoms with van der Waals surface area (Å²) >= 11 is 0. The van der Waals surface area contributed by atoms with Gasteiger partial charge < -0.3 is 15.8 Å². The second-order valence-electron chi connectivity index (χ2n) is 5.04. The number of aryl methyl sites for hydroxylation is 1. The van der Waals surface area contributed by atoms with Crippen molar-refractivity contribution in [2.45, 2.75) is 44.8 Å². The van der Waals surface area contributed by atoms with E-state index in [2.05, 4.69) is 10.3 Å². The summed E-state index contributed by atoms with van der Waals surface area (Å²) in [6.07, 6.45) is 4.60. The summed E-state index contributed by atoms with van der Waals surface area (Å²) in [6, 6.07) is 3.63. The van der Waals surface area contributed by atoms with E-state index in [1.807, 2.05) is 14.0 Å². The lowest BCUT2D eigenvalue weighted by atomic mass is 9.92. The minimum absolute atomic E-state index is 0.105. The highest BCUT2D eigenvalue weighted by molar-refractivity contribution is 5.93. The molecule has 5 nitrogen and oxygen atoms in total. The Labute approximate surface area is 113 Å². The number of nitrogens with two attached hydrogens (primary N) is 1. The van der Waals surface area contributed by atoms with Crippen LogP contribution >= 0.6 is 0 Å². The quantitative estimate of drug-likeness (QED) is 0.860. The molecule has 1 aliphatic carbocycles. The minimum Gasteiger partial charge on any atom is -0.473 e. The van der Waals surface area contributed by atoms with Gasteiger partial charge in [0.1, 0.15) is 6.10 Å². The zero-order chi connectivity index (χ0) is 13.8. The van der Waals surface area contributed by atoms with Gasteiger partial charge in [-0.05, 0) is 39.3 Å². The van der Waals surface area contributed by atoms with Crippen LogP contribution in [0.15, 0.2) is 12.1 Å². The van der Waals surface area contributed by atoms with Crippen molar-refractivity contribution in [2.24, 2.45) is 5.73 Å². The van der Waals surface area contributed by atoms with Gasteiger partial charge in [-0.3, -0.25) is 4.79 Å². The number of aromatic nitrogens is 1. The van der Waals surface area contributed by atoms with Gasteiger partial charge in [0.2, 0.25) is 11.8 Å². The lowest BCUT2D eigenvalue weighted by Gasteiger charge is -2.31. The number of amides is 1.